The Hall–Kier alpha value is -1.31. The van der Waals surface area contributed by atoms with Gasteiger partial charge in [0.25, 0.3) is 0 Å². The van der Waals surface area contributed by atoms with E-state index in [1.807, 2.05) is 0 Å². The fourth-order valence-electron chi connectivity index (χ4n) is 1.78. The van der Waals surface area contributed by atoms with Crippen LogP contribution in [-0.4, -0.2) is 6.54 Å². The Morgan fingerprint density at radius 1 is 1.12 bits per heavy atom. The second kappa shape index (κ2) is 5.15. The van der Waals surface area contributed by atoms with E-state index in [-0.39, 0.29) is 0 Å². The van der Waals surface area contributed by atoms with E-state index in [0.29, 0.717) is 11.6 Å². The zero-order valence-corrected chi connectivity index (χ0v) is 9.80. The van der Waals surface area contributed by atoms with Crippen molar-refractivity contribution < 1.29 is 0 Å². The highest BCUT2D eigenvalue weighted by atomic mass is 35.5. The molecule has 0 saturated carbocycles. The Kier molecular flexibility index (Phi) is 3.60. The quantitative estimate of drug-likeness (QED) is 0.847. The molecule has 0 amide bonds. The molecule has 0 unspecified atom stereocenters. The summed E-state index contributed by atoms with van der Waals surface area (Å²) in [6.45, 7) is 5.11. The predicted molar refractivity (Wildman–Crippen MR) is 70.6 cm³/mol. The van der Waals surface area contributed by atoms with Gasteiger partial charge in [-0.15, -0.1) is 0 Å². The first kappa shape index (κ1) is 11.2. The second-order valence-corrected chi connectivity index (χ2v) is 4.29. The van der Waals surface area contributed by atoms with E-state index in [0.717, 1.165) is 6.54 Å². The van der Waals surface area contributed by atoms with Gasteiger partial charge in [-0.25, -0.2) is 0 Å². The fraction of sp³-hybridized carbons (Fsp3) is 0.143. The largest absolute Gasteiger partial charge is 0.308 e. The van der Waals surface area contributed by atoms with Crippen molar-refractivity contribution in [1.82, 2.24) is 5.32 Å². The van der Waals surface area contributed by atoms with Crippen molar-refractivity contribution in [2.45, 2.75) is 6.54 Å². The molecule has 82 valence electrons. The molecule has 0 radical (unpaired) electrons. The lowest BCUT2D eigenvalue weighted by Crippen LogP contribution is -2.14. The number of nitrogens with one attached hydrogen (secondary N) is 1. The highest BCUT2D eigenvalue weighted by Gasteiger charge is 1.99. The van der Waals surface area contributed by atoms with Crippen molar-refractivity contribution in [2.75, 3.05) is 6.54 Å². The molecule has 2 aromatic carbocycles. The molecule has 0 bridgehead atoms. The highest BCUT2D eigenvalue weighted by molar-refractivity contribution is 6.29. The third-order valence-electron chi connectivity index (χ3n) is 2.51. The Morgan fingerprint density at radius 3 is 2.69 bits per heavy atom. The standard InChI is InChI=1S/C14H14ClN/c1-11(15)9-16-10-13-7-4-6-12-5-2-3-8-14(12)13/h2-8,16H,1,9-10H2. The van der Waals surface area contributed by atoms with Gasteiger partial charge < -0.3 is 5.32 Å². The Labute approximate surface area is 101 Å². The van der Waals surface area contributed by atoms with Gasteiger partial charge in [0.1, 0.15) is 0 Å². The molecule has 1 nitrogen and oxygen atoms in total. The minimum atomic E-state index is 0.639. The van der Waals surface area contributed by atoms with Gasteiger partial charge in [0.2, 0.25) is 0 Å². The van der Waals surface area contributed by atoms with Crippen LogP contribution in [0.4, 0.5) is 0 Å². The van der Waals surface area contributed by atoms with Crippen LogP contribution in [0.15, 0.2) is 54.1 Å². The molecule has 0 aliphatic carbocycles. The number of halogens is 1. The van der Waals surface area contributed by atoms with Crippen LogP contribution in [0.2, 0.25) is 0 Å². The minimum Gasteiger partial charge on any atom is -0.308 e. The first-order chi connectivity index (χ1) is 7.77. The van der Waals surface area contributed by atoms with Crippen molar-refractivity contribution in [3.63, 3.8) is 0 Å². The molecule has 1 N–H and O–H groups in total. The summed E-state index contributed by atoms with van der Waals surface area (Å²) in [5.74, 6) is 0. The molecular weight excluding hydrogens is 218 g/mol. The third kappa shape index (κ3) is 2.63. The van der Waals surface area contributed by atoms with Crippen LogP contribution in [0.25, 0.3) is 10.8 Å². The van der Waals surface area contributed by atoms with Crippen LogP contribution in [0, 0.1) is 0 Å². The first-order valence-corrected chi connectivity index (χ1v) is 5.66. The van der Waals surface area contributed by atoms with E-state index in [1.165, 1.54) is 16.3 Å². The molecule has 0 fully saturated rings. The average Bonchev–Trinajstić information content (AvgIpc) is 2.29. The monoisotopic (exact) mass is 231 g/mol. The molecule has 16 heavy (non-hydrogen) atoms. The van der Waals surface area contributed by atoms with Gasteiger partial charge in [-0.05, 0) is 16.3 Å². The predicted octanol–water partition coefficient (Wildman–Crippen LogP) is 3.68. The molecule has 2 rings (SSSR count). The van der Waals surface area contributed by atoms with Crippen LogP contribution >= 0.6 is 11.6 Å². The van der Waals surface area contributed by atoms with Gasteiger partial charge in [-0.2, -0.15) is 0 Å². The van der Waals surface area contributed by atoms with E-state index >= 15 is 0 Å². The molecule has 2 aromatic rings. The number of hydrogen-bond acceptors (Lipinski definition) is 1. The topological polar surface area (TPSA) is 12.0 Å². The summed E-state index contributed by atoms with van der Waals surface area (Å²) in [5.41, 5.74) is 1.29. The zero-order chi connectivity index (χ0) is 11.4. The maximum absolute atomic E-state index is 5.71. The number of hydrogen-bond donors (Lipinski definition) is 1. The molecule has 0 saturated heterocycles. The number of benzene rings is 2. The molecule has 0 aliphatic rings. The summed E-state index contributed by atoms with van der Waals surface area (Å²) >= 11 is 5.71. The summed E-state index contributed by atoms with van der Waals surface area (Å²) < 4.78 is 0. The van der Waals surface area contributed by atoms with E-state index in [4.69, 9.17) is 11.6 Å². The van der Waals surface area contributed by atoms with Crippen molar-refractivity contribution in [3.05, 3.63) is 59.6 Å². The first-order valence-electron chi connectivity index (χ1n) is 5.28. The molecule has 0 heterocycles. The van der Waals surface area contributed by atoms with Gasteiger partial charge >= 0.3 is 0 Å². The summed E-state index contributed by atoms with van der Waals surface area (Å²) in [5, 5.41) is 6.46. The lowest BCUT2D eigenvalue weighted by molar-refractivity contribution is 0.759. The summed E-state index contributed by atoms with van der Waals surface area (Å²) in [6.07, 6.45) is 0. The second-order valence-electron chi connectivity index (χ2n) is 3.76. The van der Waals surface area contributed by atoms with E-state index in [1.54, 1.807) is 0 Å². The van der Waals surface area contributed by atoms with Crippen LogP contribution in [0.1, 0.15) is 5.56 Å². The lowest BCUT2D eigenvalue weighted by atomic mass is 10.0. The molecule has 0 spiro atoms. The van der Waals surface area contributed by atoms with Crippen molar-refractivity contribution in [2.24, 2.45) is 0 Å². The molecule has 2 heteroatoms. The smallest absolute Gasteiger partial charge is 0.0310 e. The molecule has 0 atom stereocenters. The number of fused-ring (bicyclic) bond motifs is 1. The Balaban J connectivity index is 2.20. The average molecular weight is 232 g/mol. The summed E-state index contributed by atoms with van der Waals surface area (Å²) in [6, 6.07) is 14.7. The van der Waals surface area contributed by atoms with Crippen LogP contribution < -0.4 is 5.32 Å². The van der Waals surface area contributed by atoms with E-state index in [2.05, 4.69) is 54.4 Å². The Bertz CT molecular complexity index is 500. The van der Waals surface area contributed by atoms with Crippen LogP contribution in [0.3, 0.4) is 0 Å². The number of rotatable bonds is 4. The minimum absolute atomic E-state index is 0.639. The van der Waals surface area contributed by atoms with Crippen molar-refractivity contribution >= 4 is 22.4 Å². The van der Waals surface area contributed by atoms with E-state index < -0.39 is 0 Å². The maximum atomic E-state index is 5.71. The van der Waals surface area contributed by atoms with Crippen molar-refractivity contribution in [3.8, 4) is 0 Å². The SMILES string of the molecule is C=C(Cl)CNCc1cccc2ccccc12. The van der Waals surface area contributed by atoms with Gasteiger partial charge in [0, 0.05) is 18.1 Å². The van der Waals surface area contributed by atoms with E-state index in [9.17, 15) is 0 Å². The van der Waals surface area contributed by atoms with Crippen molar-refractivity contribution in [1.29, 1.82) is 0 Å². The van der Waals surface area contributed by atoms with Gasteiger partial charge in [0.05, 0.1) is 0 Å². The summed E-state index contributed by atoms with van der Waals surface area (Å²) in [7, 11) is 0. The fourth-order valence-corrected chi connectivity index (χ4v) is 1.87. The lowest BCUT2D eigenvalue weighted by Gasteiger charge is -2.07. The molecule has 0 aliphatic heterocycles. The van der Waals surface area contributed by atoms with Gasteiger partial charge in [-0.3, -0.25) is 0 Å². The van der Waals surface area contributed by atoms with Gasteiger partial charge in [0.15, 0.2) is 0 Å². The van der Waals surface area contributed by atoms with Gasteiger partial charge in [-0.1, -0.05) is 60.6 Å². The van der Waals surface area contributed by atoms with Crippen LogP contribution in [-0.2, 0) is 6.54 Å². The molecule has 0 aromatic heterocycles. The molecular formula is C14H14ClN. The van der Waals surface area contributed by atoms with Crippen LogP contribution in [0.5, 0.6) is 0 Å². The highest BCUT2D eigenvalue weighted by Crippen LogP contribution is 2.18. The maximum Gasteiger partial charge on any atom is 0.0310 e. The normalized spacial score (nSPS) is 10.6. The Morgan fingerprint density at radius 2 is 1.88 bits per heavy atom. The summed E-state index contributed by atoms with van der Waals surface area (Å²) in [4.78, 5) is 0. The third-order valence-corrected chi connectivity index (χ3v) is 2.65. The zero-order valence-electron chi connectivity index (χ0n) is 9.04.